The van der Waals surface area contributed by atoms with Crippen LogP contribution < -0.4 is 0 Å². The first-order valence-electron chi connectivity index (χ1n) is 3.55. The maximum atomic E-state index is 9.24. The van der Waals surface area contributed by atoms with Gasteiger partial charge in [-0.15, -0.1) is 0 Å². The predicted molar refractivity (Wildman–Crippen MR) is 46.8 cm³/mol. The van der Waals surface area contributed by atoms with Gasteiger partial charge >= 0.3 is 0 Å². The first kappa shape index (κ1) is 8.57. The van der Waals surface area contributed by atoms with E-state index in [-0.39, 0.29) is 0 Å². The molecule has 2 heteroatoms. The van der Waals surface area contributed by atoms with Gasteiger partial charge in [-0.2, -0.15) is 0 Å². The Hall–Kier alpha value is -0.530. The lowest BCUT2D eigenvalue weighted by atomic mass is 10.1. The van der Waals surface area contributed by atoms with Gasteiger partial charge in [0.05, 0.1) is 6.10 Å². The average molecular weight is 171 g/mol. The van der Waals surface area contributed by atoms with Gasteiger partial charge in [0, 0.05) is 5.02 Å². The summed E-state index contributed by atoms with van der Waals surface area (Å²) in [7, 11) is 0. The van der Waals surface area contributed by atoms with Crippen molar-refractivity contribution in [1.82, 2.24) is 0 Å². The van der Waals surface area contributed by atoms with Crippen LogP contribution in [0.5, 0.6) is 0 Å². The van der Waals surface area contributed by atoms with E-state index < -0.39 is 6.10 Å². The molecule has 60 valence electrons. The summed E-state index contributed by atoms with van der Waals surface area (Å²) in [5.74, 6) is 0. The summed E-state index contributed by atoms with van der Waals surface area (Å²) in [6.07, 6.45) is -0.484. The summed E-state index contributed by atoms with van der Waals surface area (Å²) in [6.45, 7) is 3.68. The minimum atomic E-state index is -0.484. The molecule has 0 saturated carbocycles. The third-order valence-electron chi connectivity index (χ3n) is 1.60. The molecule has 0 radical (unpaired) electrons. The number of hydrogen-bond acceptors (Lipinski definition) is 1. The van der Waals surface area contributed by atoms with E-state index in [0.717, 1.165) is 11.1 Å². The maximum absolute atomic E-state index is 9.24. The lowest BCUT2D eigenvalue weighted by Crippen LogP contribution is -1.92. The first-order chi connectivity index (χ1) is 5.11. The fourth-order valence-electron chi connectivity index (χ4n) is 0.983. The maximum Gasteiger partial charge on any atom is 0.0776 e. The van der Waals surface area contributed by atoms with Crippen LogP contribution in [0.4, 0.5) is 0 Å². The van der Waals surface area contributed by atoms with Crippen LogP contribution in [0.1, 0.15) is 24.2 Å². The summed E-state index contributed by atoms with van der Waals surface area (Å²) in [4.78, 5) is 0. The molecule has 1 N–H and O–H groups in total. The van der Waals surface area contributed by atoms with Crippen LogP contribution in [-0.2, 0) is 0 Å². The van der Waals surface area contributed by atoms with Gasteiger partial charge in [-0.1, -0.05) is 29.3 Å². The van der Waals surface area contributed by atoms with Gasteiger partial charge in [0.25, 0.3) is 0 Å². The fourth-order valence-corrected chi connectivity index (χ4v) is 1.26. The molecule has 0 aromatic heterocycles. The Morgan fingerprint density at radius 1 is 1.45 bits per heavy atom. The molecule has 0 aliphatic rings. The second-order valence-electron chi connectivity index (χ2n) is 2.70. The summed E-state index contributed by atoms with van der Waals surface area (Å²) in [6, 6.07) is 5.63. The molecule has 0 saturated heterocycles. The molecule has 1 aromatic rings. The van der Waals surface area contributed by atoms with E-state index in [1.807, 2.05) is 19.1 Å². The van der Waals surface area contributed by atoms with Crippen molar-refractivity contribution in [1.29, 1.82) is 0 Å². The zero-order valence-corrected chi connectivity index (χ0v) is 7.39. The van der Waals surface area contributed by atoms with Crippen molar-refractivity contribution in [2.75, 3.05) is 0 Å². The van der Waals surface area contributed by atoms with E-state index in [0.29, 0.717) is 5.02 Å². The fraction of sp³-hybridized carbons (Fsp3) is 0.333. The minimum Gasteiger partial charge on any atom is -0.389 e. The van der Waals surface area contributed by atoms with E-state index in [1.165, 1.54) is 0 Å². The Balaban J connectivity index is 3.13. The first-order valence-corrected chi connectivity index (χ1v) is 3.93. The van der Waals surface area contributed by atoms with Crippen molar-refractivity contribution >= 4 is 11.6 Å². The molecular weight excluding hydrogens is 160 g/mol. The third kappa shape index (κ3) is 1.95. The van der Waals surface area contributed by atoms with Crippen molar-refractivity contribution < 1.29 is 5.11 Å². The lowest BCUT2D eigenvalue weighted by molar-refractivity contribution is 0.199. The smallest absolute Gasteiger partial charge is 0.0776 e. The molecule has 0 amide bonds. The second-order valence-corrected chi connectivity index (χ2v) is 3.11. The normalized spacial score (nSPS) is 13.1. The highest BCUT2D eigenvalue weighted by molar-refractivity contribution is 6.31. The molecule has 0 heterocycles. The number of halogens is 1. The molecule has 1 nitrogen and oxygen atoms in total. The lowest BCUT2D eigenvalue weighted by Gasteiger charge is -2.07. The molecule has 1 rings (SSSR count). The monoisotopic (exact) mass is 170 g/mol. The average Bonchev–Trinajstić information content (AvgIpc) is 1.94. The van der Waals surface area contributed by atoms with Crippen LogP contribution in [0.25, 0.3) is 0 Å². The molecular formula is C9H11ClO. The van der Waals surface area contributed by atoms with Crippen LogP contribution in [0.2, 0.25) is 5.02 Å². The summed E-state index contributed by atoms with van der Waals surface area (Å²) >= 11 is 5.83. The van der Waals surface area contributed by atoms with E-state index in [9.17, 15) is 5.11 Å². The van der Waals surface area contributed by atoms with E-state index in [2.05, 4.69) is 0 Å². The van der Waals surface area contributed by atoms with Crippen molar-refractivity contribution in [2.24, 2.45) is 0 Å². The van der Waals surface area contributed by atoms with Crippen molar-refractivity contribution in [2.45, 2.75) is 20.0 Å². The number of hydrogen-bond donors (Lipinski definition) is 1. The molecule has 0 fully saturated rings. The second kappa shape index (κ2) is 3.24. The highest BCUT2D eigenvalue weighted by Crippen LogP contribution is 2.23. The minimum absolute atomic E-state index is 0.484. The van der Waals surface area contributed by atoms with Crippen molar-refractivity contribution in [3.63, 3.8) is 0 Å². The van der Waals surface area contributed by atoms with Gasteiger partial charge in [0.2, 0.25) is 0 Å². The molecule has 0 aliphatic carbocycles. The quantitative estimate of drug-likeness (QED) is 0.687. The van der Waals surface area contributed by atoms with Gasteiger partial charge in [-0.05, 0) is 25.5 Å². The highest BCUT2D eigenvalue weighted by Gasteiger charge is 2.04. The van der Waals surface area contributed by atoms with Gasteiger partial charge in [-0.3, -0.25) is 0 Å². The Bertz CT molecular complexity index is 256. The molecule has 0 bridgehead atoms. The molecule has 1 aromatic carbocycles. The zero-order valence-electron chi connectivity index (χ0n) is 6.63. The summed E-state index contributed by atoms with van der Waals surface area (Å²) < 4.78 is 0. The largest absolute Gasteiger partial charge is 0.389 e. The Labute approximate surface area is 71.6 Å². The number of aliphatic hydroxyl groups is 1. The van der Waals surface area contributed by atoms with Crippen LogP contribution in [-0.4, -0.2) is 5.11 Å². The van der Waals surface area contributed by atoms with Crippen LogP contribution in [0.3, 0.4) is 0 Å². The Morgan fingerprint density at radius 2 is 2.09 bits per heavy atom. The standard InChI is InChI=1S/C9H11ClO/c1-6-3-4-9(10)8(5-6)7(2)11/h3-5,7,11H,1-2H3. The topological polar surface area (TPSA) is 20.2 Å². The zero-order chi connectivity index (χ0) is 8.43. The SMILES string of the molecule is Cc1ccc(Cl)c(C(C)O)c1. The Morgan fingerprint density at radius 3 is 2.55 bits per heavy atom. The molecule has 1 unspecified atom stereocenters. The van der Waals surface area contributed by atoms with Crippen LogP contribution >= 0.6 is 11.6 Å². The molecule has 11 heavy (non-hydrogen) atoms. The number of rotatable bonds is 1. The Kier molecular flexibility index (Phi) is 2.53. The van der Waals surface area contributed by atoms with Gasteiger partial charge in [-0.25, -0.2) is 0 Å². The summed E-state index contributed by atoms with van der Waals surface area (Å²) in [5.41, 5.74) is 1.91. The van der Waals surface area contributed by atoms with E-state index in [1.54, 1.807) is 13.0 Å². The van der Waals surface area contributed by atoms with Gasteiger partial charge in [0.1, 0.15) is 0 Å². The van der Waals surface area contributed by atoms with Gasteiger partial charge < -0.3 is 5.11 Å². The van der Waals surface area contributed by atoms with E-state index >= 15 is 0 Å². The highest BCUT2D eigenvalue weighted by atomic mass is 35.5. The number of aliphatic hydroxyl groups excluding tert-OH is 1. The van der Waals surface area contributed by atoms with Crippen molar-refractivity contribution in [3.05, 3.63) is 34.3 Å². The number of aryl methyl sites for hydroxylation is 1. The molecule has 0 aliphatic heterocycles. The van der Waals surface area contributed by atoms with Gasteiger partial charge in [0.15, 0.2) is 0 Å². The van der Waals surface area contributed by atoms with Crippen LogP contribution in [0.15, 0.2) is 18.2 Å². The molecule has 0 spiro atoms. The third-order valence-corrected chi connectivity index (χ3v) is 1.95. The van der Waals surface area contributed by atoms with Crippen LogP contribution in [0, 0.1) is 6.92 Å². The molecule has 1 atom stereocenters. The summed E-state index contributed by atoms with van der Waals surface area (Å²) in [5, 5.41) is 9.87. The van der Waals surface area contributed by atoms with Crippen molar-refractivity contribution in [3.8, 4) is 0 Å². The number of benzene rings is 1. The van der Waals surface area contributed by atoms with E-state index in [4.69, 9.17) is 11.6 Å². The predicted octanol–water partition coefficient (Wildman–Crippen LogP) is 2.70.